The maximum atomic E-state index is 13.1. The van der Waals surface area contributed by atoms with Gasteiger partial charge in [0.05, 0.1) is 35.4 Å². The van der Waals surface area contributed by atoms with Crippen LogP contribution in [0.4, 0.5) is 5.69 Å². The average Bonchev–Trinajstić information content (AvgIpc) is 3.28. The maximum Gasteiger partial charge on any atom is 0.335 e. The summed E-state index contributed by atoms with van der Waals surface area (Å²) in [6.45, 7) is 8.18. The number of nitrogens with one attached hydrogen (secondary N) is 3. The number of rotatable bonds is 8. The van der Waals surface area contributed by atoms with Crippen molar-refractivity contribution in [1.82, 2.24) is 20.1 Å². The van der Waals surface area contributed by atoms with Crippen LogP contribution in [0.5, 0.6) is 0 Å². The summed E-state index contributed by atoms with van der Waals surface area (Å²) in [5, 5.41) is 18.1. The van der Waals surface area contributed by atoms with Crippen molar-refractivity contribution < 1.29 is 27.5 Å². The summed E-state index contributed by atoms with van der Waals surface area (Å²) in [7, 11) is -2.05. The molecule has 0 aliphatic carbocycles. The van der Waals surface area contributed by atoms with Gasteiger partial charge in [-0.25, -0.2) is 28.0 Å². The van der Waals surface area contributed by atoms with E-state index in [1.54, 1.807) is 39.8 Å². The van der Waals surface area contributed by atoms with E-state index >= 15 is 0 Å². The van der Waals surface area contributed by atoms with E-state index in [4.69, 9.17) is 9.47 Å². The molecule has 1 aromatic rings. The molecule has 13 heteroatoms. The van der Waals surface area contributed by atoms with Crippen LogP contribution in [0.3, 0.4) is 0 Å². The standard InChI is InChI=1S/C27H40N6O6S/c1-6-32(5)40(36,37)19-9-7-18(8-10-19)30-23-22-20(12-16-29-24(22)34)33(31-23)27(14-15-28)13-11-21(38-17-27)25(35)39-26(2,3)4/h7-10,20-23,30-31H,6,11-14,16-17H2,1-5H3,(H,29,34)/t20?,21-,22?,23?,27-/m0/s1. The van der Waals surface area contributed by atoms with Crippen molar-refractivity contribution in [3.05, 3.63) is 24.3 Å². The van der Waals surface area contributed by atoms with Crippen LogP contribution < -0.4 is 16.1 Å². The second-order valence-electron chi connectivity index (χ2n) is 11.7. The predicted molar refractivity (Wildman–Crippen MR) is 147 cm³/mol. The molecule has 3 saturated heterocycles. The minimum Gasteiger partial charge on any atom is -0.458 e. The number of anilines is 1. The molecule has 0 radical (unpaired) electrons. The predicted octanol–water partition coefficient (Wildman–Crippen LogP) is 1.56. The molecule has 0 saturated carbocycles. The first-order valence-corrected chi connectivity index (χ1v) is 15.1. The third kappa shape index (κ3) is 6.11. The van der Waals surface area contributed by atoms with Crippen LogP contribution in [-0.2, 0) is 29.1 Å². The molecule has 3 aliphatic rings. The monoisotopic (exact) mass is 576 g/mol. The number of amides is 1. The quantitative estimate of drug-likeness (QED) is 0.389. The Hall–Kier alpha value is -2.76. The summed E-state index contributed by atoms with van der Waals surface area (Å²) < 4.78 is 38.1. The zero-order chi connectivity index (χ0) is 29.3. The fourth-order valence-electron chi connectivity index (χ4n) is 5.59. The van der Waals surface area contributed by atoms with Crippen molar-refractivity contribution in [2.75, 3.05) is 32.1 Å². The minimum absolute atomic E-state index is 0.108. The molecule has 4 rings (SSSR count). The lowest BCUT2D eigenvalue weighted by molar-refractivity contribution is -0.180. The number of fused-ring (bicyclic) bond motifs is 1. The number of ether oxygens (including phenoxy) is 2. The van der Waals surface area contributed by atoms with Gasteiger partial charge in [0.25, 0.3) is 0 Å². The summed E-state index contributed by atoms with van der Waals surface area (Å²) in [5.41, 5.74) is 2.72. The van der Waals surface area contributed by atoms with E-state index in [1.165, 1.54) is 23.5 Å². The Bertz CT molecular complexity index is 1230. The molecule has 0 aromatic heterocycles. The first-order chi connectivity index (χ1) is 18.8. The van der Waals surface area contributed by atoms with Crippen molar-refractivity contribution in [2.45, 2.75) is 87.7 Å². The van der Waals surface area contributed by atoms with E-state index in [0.29, 0.717) is 38.0 Å². The number of hydrogen-bond acceptors (Lipinski definition) is 10. The molecule has 3 unspecified atom stereocenters. The molecule has 1 amide bonds. The van der Waals surface area contributed by atoms with E-state index in [0.717, 1.165) is 0 Å². The first-order valence-electron chi connectivity index (χ1n) is 13.7. The molecule has 12 nitrogen and oxygen atoms in total. The van der Waals surface area contributed by atoms with E-state index < -0.39 is 45.3 Å². The number of benzene rings is 1. The van der Waals surface area contributed by atoms with Crippen LogP contribution in [-0.4, -0.2) is 85.8 Å². The fraction of sp³-hybridized carbons (Fsp3) is 0.667. The van der Waals surface area contributed by atoms with E-state index in [-0.39, 0.29) is 29.9 Å². The second-order valence-corrected chi connectivity index (χ2v) is 13.7. The lowest BCUT2D eigenvalue weighted by Gasteiger charge is -2.47. The Morgan fingerprint density at radius 3 is 2.58 bits per heavy atom. The van der Waals surface area contributed by atoms with Gasteiger partial charge in [-0.15, -0.1) is 0 Å². The van der Waals surface area contributed by atoms with Gasteiger partial charge < -0.3 is 20.1 Å². The molecule has 5 atom stereocenters. The largest absolute Gasteiger partial charge is 0.458 e. The van der Waals surface area contributed by atoms with Gasteiger partial charge in [-0.2, -0.15) is 5.26 Å². The highest BCUT2D eigenvalue weighted by Gasteiger charge is 2.56. The van der Waals surface area contributed by atoms with Gasteiger partial charge in [0.2, 0.25) is 15.9 Å². The number of hydrogen-bond donors (Lipinski definition) is 3. The minimum atomic E-state index is -3.58. The summed E-state index contributed by atoms with van der Waals surface area (Å²) in [6.07, 6.45) is 0.492. The number of carbonyl (C=O) groups excluding carboxylic acids is 2. The lowest BCUT2D eigenvalue weighted by Crippen LogP contribution is -2.63. The Morgan fingerprint density at radius 2 is 2.00 bits per heavy atom. The summed E-state index contributed by atoms with van der Waals surface area (Å²) in [4.78, 5) is 25.9. The third-order valence-corrected chi connectivity index (χ3v) is 9.72. The van der Waals surface area contributed by atoms with Crippen molar-refractivity contribution >= 4 is 27.6 Å². The molecule has 220 valence electrons. The molecule has 1 aromatic carbocycles. The number of sulfonamides is 1. The van der Waals surface area contributed by atoms with Gasteiger partial charge in [-0.05, 0) is 64.3 Å². The summed E-state index contributed by atoms with van der Waals surface area (Å²) in [5.74, 6) is -0.997. The van der Waals surface area contributed by atoms with Gasteiger partial charge >= 0.3 is 5.97 Å². The average molecular weight is 577 g/mol. The number of hydrazine groups is 1. The van der Waals surface area contributed by atoms with Gasteiger partial charge in [0, 0.05) is 31.9 Å². The summed E-state index contributed by atoms with van der Waals surface area (Å²) in [6, 6.07) is 8.51. The topological polar surface area (TPSA) is 153 Å². The van der Waals surface area contributed by atoms with Crippen molar-refractivity contribution in [2.24, 2.45) is 5.92 Å². The van der Waals surface area contributed by atoms with E-state index in [1.807, 2.05) is 5.01 Å². The Morgan fingerprint density at radius 1 is 1.30 bits per heavy atom. The lowest BCUT2D eigenvalue weighted by atomic mass is 9.83. The molecular formula is C27H40N6O6S. The molecule has 3 fully saturated rings. The van der Waals surface area contributed by atoms with Crippen molar-refractivity contribution in [3.63, 3.8) is 0 Å². The Balaban J connectivity index is 1.54. The number of esters is 1. The van der Waals surface area contributed by atoms with Crippen LogP contribution in [0, 0.1) is 17.2 Å². The van der Waals surface area contributed by atoms with Gasteiger partial charge in [-0.3, -0.25) is 4.79 Å². The summed E-state index contributed by atoms with van der Waals surface area (Å²) >= 11 is 0. The van der Waals surface area contributed by atoms with Gasteiger partial charge in [-0.1, -0.05) is 6.92 Å². The zero-order valence-electron chi connectivity index (χ0n) is 23.8. The Labute approximate surface area is 236 Å². The third-order valence-electron chi connectivity index (χ3n) is 7.77. The number of carbonyl (C=O) groups is 2. The van der Waals surface area contributed by atoms with Crippen LogP contribution in [0.1, 0.15) is 53.4 Å². The second kappa shape index (κ2) is 11.6. The zero-order valence-corrected chi connectivity index (χ0v) is 24.6. The van der Waals surface area contributed by atoms with Crippen LogP contribution in [0.25, 0.3) is 0 Å². The normalized spacial score (nSPS) is 29.4. The highest BCUT2D eigenvalue weighted by molar-refractivity contribution is 7.89. The maximum absolute atomic E-state index is 13.1. The SMILES string of the molecule is CCN(C)S(=O)(=O)c1ccc(NC2NN([C@]3(CC#N)CC[C@@H](C(=O)OC(C)(C)C)OC3)C3CCNC(=O)C23)cc1. The van der Waals surface area contributed by atoms with Gasteiger partial charge in [0.15, 0.2) is 6.10 Å². The molecule has 0 spiro atoms. The molecular weight excluding hydrogens is 536 g/mol. The highest BCUT2D eigenvalue weighted by atomic mass is 32.2. The molecule has 40 heavy (non-hydrogen) atoms. The van der Waals surface area contributed by atoms with E-state index in [9.17, 15) is 23.3 Å². The molecule has 0 bridgehead atoms. The van der Waals surface area contributed by atoms with Crippen molar-refractivity contribution in [1.29, 1.82) is 5.26 Å². The fourth-order valence-corrected chi connectivity index (χ4v) is 6.77. The number of piperidine rings is 1. The number of nitrogens with zero attached hydrogens (tertiary/aromatic N) is 3. The molecule has 3 heterocycles. The molecule has 3 aliphatic heterocycles. The van der Waals surface area contributed by atoms with E-state index in [2.05, 4.69) is 22.1 Å². The Kier molecular flexibility index (Phi) is 8.77. The van der Waals surface area contributed by atoms with Crippen LogP contribution in [0.15, 0.2) is 29.2 Å². The first kappa shape index (κ1) is 30.2. The van der Waals surface area contributed by atoms with Gasteiger partial charge in [0.1, 0.15) is 11.8 Å². The highest BCUT2D eigenvalue weighted by Crippen LogP contribution is 2.40. The van der Waals surface area contributed by atoms with Crippen LogP contribution in [0.2, 0.25) is 0 Å². The molecule has 3 N–H and O–H groups in total. The van der Waals surface area contributed by atoms with Crippen LogP contribution >= 0.6 is 0 Å². The van der Waals surface area contributed by atoms with Crippen molar-refractivity contribution in [3.8, 4) is 6.07 Å². The number of nitriles is 1. The smallest absolute Gasteiger partial charge is 0.335 e.